The molecule has 2 aliphatic heterocycles. The van der Waals surface area contributed by atoms with Crippen molar-refractivity contribution in [2.24, 2.45) is 5.92 Å². The zero-order valence-corrected chi connectivity index (χ0v) is 14.8. The first-order valence-corrected chi connectivity index (χ1v) is 10.2. The summed E-state index contributed by atoms with van der Waals surface area (Å²) in [5.74, 6) is 0.197. The van der Waals surface area contributed by atoms with E-state index < -0.39 is 10.0 Å². The maximum Gasteiger partial charge on any atom is 0.223 e. The van der Waals surface area contributed by atoms with Crippen LogP contribution in [0.2, 0.25) is 0 Å². The van der Waals surface area contributed by atoms with Gasteiger partial charge in [-0.25, -0.2) is 12.7 Å². The van der Waals surface area contributed by atoms with Crippen molar-refractivity contribution < 1.29 is 17.9 Å². The van der Waals surface area contributed by atoms with Gasteiger partial charge >= 0.3 is 0 Å². The minimum Gasteiger partial charge on any atom is -0.379 e. The molecule has 0 bridgehead atoms. The molecule has 0 spiro atoms. The molecule has 1 amide bonds. The Morgan fingerprint density at radius 2 is 1.83 bits per heavy atom. The first kappa shape index (κ1) is 18.6. The summed E-state index contributed by atoms with van der Waals surface area (Å²) in [6, 6.07) is 0. The molecule has 2 rings (SSSR count). The van der Waals surface area contributed by atoms with Gasteiger partial charge in [-0.3, -0.25) is 9.69 Å². The minimum atomic E-state index is -3.13. The lowest BCUT2D eigenvalue weighted by molar-refractivity contribution is -0.126. The monoisotopic (exact) mass is 347 g/mol. The van der Waals surface area contributed by atoms with Gasteiger partial charge in [-0.1, -0.05) is 6.92 Å². The van der Waals surface area contributed by atoms with Crippen LogP contribution in [-0.2, 0) is 19.6 Å². The number of hydrogen-bond donors (Lipinski definition) is 1. The van der Waals surface area contributed by atoms with E-state index >= 15 is 0 Å². The lowest BCUT2D eigenvalue weighted by atomic mass is 9.97. The van der Waals surface area contributed by atoms with Crippen LogP contribution in [0, 0.1) is 5.92 Å². The summed E-state index contributed by atoms with van der Waals surface area (Å²) in [6.45, 7) is 7.65. The van der Waals surface area contributed by atoms with Gasteiger partial charge in [-0.05, 0) is 19.3 Å². The van der Waals surface area contributed by atoms with Crippen LogP contribution in [0.4, 0.5) is 0 Å². The second-order valence-corrected chi connectivity index (χ2v) is 8.32. The molecule has 2 fully saturated rings. The summed E-state index contributed by atoms with van der Waals surface area (Å²) in [7, 11) is -3.13. The zero-order valence-electron chi connectivity index (χ0n) is 14.0. The van der Waals surface area contributed by atoms with Crippen molar-refractivity contribution in [3.8, 4) is 0 Å². The Kier molecular flexibility index (Phi) is 7.26. The van der Waals surface area contributed by atoms with Crippen molar-refractivity contribution in [2.75, 3.05) is 58.2 Å². The van der Waals surface area contributed by atoms with E-state index in [2.05, 4.69) is 10.2 Å². The lowest BCUT2D eigenvalue weighted by Crippen LogP contribution is -2.45. The van der Waals surface area contributed by atoms with Crippen LogP contribution in [0.3, 0.4) is 0 Å². The summed E-state index contributed by atoms with van der Waals surface area (Å²) >= 11 is 0. The van der Waals surface area contributed by atoms with Crippen molar-refractivity contribution in [1.82, 2.24) is 14.5 Å². The molecule has 8 heteroatoms. The van der Waals surface area contributed by atoms with E-state index in [1.807, 2.05) is 6.92 Å². The summed E-state index contributed by atoms with van der Waals surface area (Å²) in [5, 5.41) is 2.99. The van der Waals surface area contributed by atoms with E-state index in [1.165, 1.54) is 4.31 Å². The Hall–Kier alpha value is -0.700. The molecule has 2 aliphatic rings. The predicted octanol–water partition coefficient (Wildman–Crippen LogP) is -0.113. The predicted molar refractivity (Wildman–Crippen MR) is 88.6 cm³/mol. The number of carbonyl (C=O) groups excluding carboxylic acids is 1. The van der Waals surface area contributed by atoms with Crippen molar-refractivity contribution in [3.63, 3.8) is 0 Å². The molecule has 2 saturated heterocycles. The largest absolute Gasteiger partial charge is 0.379 e. The number of nitrogens with zero attached hydrogens (tertiary/aromatic N) is 2. The highest BCUT2D eigenvalue weighted by molar-refractivity contribution is 7.89. The smallest absolute Gasteiger partial charge is 0.223 e. The highest BCUT2D eigenvalue weighted by atomic mass is 32.2. The summed E-state index contributed by atoms with van der Waals surface area (Å²) in [6.07, 6.45) is 1.86. The second kappa shape index (κ2) is 8.96. The molecule has 0 aromatic carbocycles. The first-order chi connectivity index (χ1) is 11.0. The number of rotatable bonds is 7. The van der Waals surface area contributed by atoms with Crippen LogP contribution >= 0.6 is 0 Å². The van der Waals surface area contributed by atoms with E-state index in [0.717, 1.165) is 32.8 Å². The SMILES string of the molecule is CCCS(=O)(=O)N1CCC(C(=O)NCCN2CCOCC2)CC1. The molecule has 0 aliphatic carbocycles. The third-order valence-corrected chi connectivity index (χ3v) is 6.59. The number of nitrogens with one attached hydrogen (secondary N) is 1. The third-order valence-electron chi connectivity index (χ3n) is 4.51. The maximum absolute atomic E-state index is 12.2. The number of amides is 1. The van der Waals surface area contributed by atoms with E-state index in [-0.39, 0.29) is 17.6 Å². The molecule has 7 nitrogen and oxygen atoms in total. The number of ether oxygens (including phenoxy) is 1. The number of hydrogen-bond acceptors (Lipinski definition) is 5. The van der Waals surface area contributed by atoms with Crippen LogP contribution in [0.5, 0.6) is 0 Å². The van der Waals surface area contributed by atoms with Gasteiger partial charge < -0.3 is 10.1 Å². The molecule has 0 unspecified atom stereocenters. The normalized spacial score (nSPS) is 22.1. The molecule has 2 heterocycles. The van der Waals surface area contributed by atoms with Gasteiger partial charge in [0.15, 0.2) is 0 Å². The van der Waals surface area contributed by atoms with Gasteiger partial charge in [0, 0.05) is 45.2 Å². The van der Waals surface area contributed by atoms with Gasteiger partial charge in [0.05, 0.1) is 19.0 Å². The Labute approximate surface area is 139 Å². The Morgan fingerprint density at radius 1 is 1.17 bits per heavy atom. The van der Waals surface area contributed by atoms with Crippen molar-refractivity contribution in [1.29, 1.82) is 0 Å². The van der Waals surface area contributed by atoms with Crippen molar-refractivity contribution in [2.45, 2.75) is 26.2 Å². The van der Waals surface area contributed by atoms with Crippen LogP contribution in [0.25, 0.3) is 0 Å². The van der Waals surface area contributed by atoms with Crippen molar-refractivity contribution in [3.05, 3.63) is 0 Å². The van der Waals surface area contributed by atoms with Gasteiger partial charge in [0.25, 0.3) is 0 Å². The fourth-order valence-corrected chi connectivity index (χ4v) is 4.63. The number of sulfonamides is 1. The average molecular weight is 347 g/mol. The number of morpholine rings is 1. The number of carbonyl (C=O) groups is 1. The van der Waals surface area contributed by atoms with Gasteiger partial charge in [0.1, 0.15) is 0 Å². The topological polar surface area (TPSA) is 79.0 Å². The van der Waals surface area contributed by atoms with Gasteiger partial charge in [0.2, 0.25) is 15.9 Å². The van der Waals surface area contributed by atoms with Crippen LogP contribution in [0.1, 0.15) is 26.2 Å². The Morgan fingerprint density at radius 3 is 2.43 bits per heavy atom. The lowest BCUT2D eigenvalue weighted by Gasteiger charge is -2.31. The Bertz CT molecular complexity index is 469. The average Bonchev–Trinajstić information content (AvgIpc) is 2.56. The van der Waals surface area contributed by atoms with E-state index in [4.69, 9.17) is 4.74 Å². The quantitative estimate of drug-likeness (QED) is 0.695. The fourth-order valence-electron chi connectivity index (χ4n) is 3.09. The van der Waals surface area contributed by atoms with Crippen LogP contribution in [0.15, 0.2) is 0 Å². The molecule has 0 aromatic heterocycles. The fraction of sp³-hybridized carbons (Fsp3) is 0.933. The molecule has 1 N–H and O–H groups in total. The highest BCUT2D eigenvalue weighted by Gasteiger charge is 2.30. The van der Waals surface area contributed by atoms with Gasteiger partial charge in [-0.15, -0.1) is 0 Å². The number of piperidine rings is 1. The van der Waals surface area contributed by atoms with Crippen LogP contribution in [-0.4, -0.2) is 81.8 Å². The Balaban J connectivity index is 1.67. The van der Waals surface area contributed by atoms with E-state index in [9.17, 15) is 13.2 Å². The molecule has 0 saturated carbocycles. The molecule has 134 valence electrons. The second-order valence-electron chi connectivity index (χ2n) is 6.23. The zero-order chi connectivity index (χ0) is 16.7. The standard InChI is InChI=1S/C15H29N3O4S/c1-2-13-23(20,21)18-6-3-14(4-7-18)15(19)16-5-8-17-9-11-22-12-10-17/h14H,2-13H2,1H3,(H,16,19). The summed E-state index contributed by atoms with van der Waals surface area (Å²) in [5.41, 5.74) is 0. The summed E-state index contributed by atoms with van der Waals surface area (Å²) < 4.78 is 30.9. The van der Waals surface area contributed by atoms with Gasteiger partial charge in [-0.2, -0.15) is 0 Å². The third kappa shape index (κ3) is 5.70. The maximum atomic E-state index is 12.2. The molecular formula is C15H29N3O4S. The first-order valence-electron chi connectivity index (χ1n) is 8.58. The summed E-state index contributed by atoms with van der Waals surface area (Å²) in [4.78, 5) is 14.5. The highest BCUT2D eigenvalue weighted by Crippen LogP contribution is 2.20. The molecule has 0 aromatic rings. The molecule has 0 radical (unpaired) electrons. The molecule has 0 atom stereocenters. The van der Waals surface area contributed by atoms with E-state index in [0.29, 0.717) is 38.9 Å². The van der Waals surface area contributed by atoms with E-state index in [1.54, 1.807) is 0 Å². The van der Waals surface area contributed by atoms with Crippen LogP contribution < -0.4 is 5.32 Å². The van der Waals surface area contributed by atoms with Crippen molar-refractivity contribution >= 4 is 15.9 Å². The minimum absolute atomic E-state index is 0.0609. The molecular weight excluding hydrogens is 318 g/mol. The molecule has 23 heavy (non-hydrogen) atoms.